The van der Waals surface area contributed by atoms with Crippen molar-refractivity contribution in [1.29, 1.82) is 0 Å². The summed E-state index contributed by atoms with van der Waals surface area (Å²) in [5, 5.41) is 3.68. The molecule has 0 spiro atoms. The molecule has 2 heteroatoms. The summed E-state index contributed by atoms with van der Waals surface area (Å²) in [7, 11) is 2.24. The summed E-state index contributed by atoms with van der Waals surface area (Å²) in [6.07, 6.45) is 8.20. The zero-order valence-corrected chi connectivity index (χ0v) is 13.2. The standard InChI is InChI=1S/C18H30N2/c1-3-14-19-15-18(12-8-5-9-13-18)16-20(2)17-10-6-4-7-11-17/h4,6-7,10-11,19H,3,5,8-9,12-16H2,1-2H3. The lowest BCUT2D eigenvalue weighted by atomic mass is 9.73. The fraction of sp³-hybridized carbons (Fsp3) is 0.667. The van der Waals surface area contributed by atoms with E-state index < -0.39 is 0 Å². The summed E-state index contributed by atoms with van der Waals surface area (Å²) in [5.74, 6) is 0. The Morgan fingerprint density at radius 1 is 1.10 bits per heavy atom. The molecule has 1 aliphatic carbocycles. The number of hydrogen-bond acceptors (Lipinski definition) is 2. The molecule has 0 amide bonds. The highest BCUT2D eigenvalue weighted by Crippen LogP contribution is 2.37. The predicted octanol–water partition coefficient (Wildman–Crippen LogP) is 4.07. The summed E-state index contributed by atoms with van der Waals surface area (Å²) in [6.45, 7) is 5.75. The van der Waals surface area contributed by atoms with Crippen LogP contribution in [0.15, 0.2) is 30.3 Å². The van der Waals surface area contributed by atoms with Gasteiger partial charge in [-0.1, -0.05) is 44.4 Å². The number of hydrogen-bond donors (Lipinski definition) is 1. The minimum atomic E-state index is 0.470. The third-order valence-corrected chi connectivity index (χ3v) is 4.61. The van der Waals surface area contributed by atoms with Crippen LogP contribution in [0.4, 0.5) is 5.69 Å². The SMILES string of the molecule is CCCNCC1(CN(C)c2ccccc2)CCCCC1. The number of nitrogens with zero attached hydrogens (tertiary/aromatic N) is 1. The maximum absolute atomic E-state index is 3.68. The molecule has 1 saturated carbocycles. The Balaban J connectivity index is 1.99. The second kappa shape index (κ2) is 7.68. The quantitative estimate of drug-likeness (QED) is 0.754. The normalized spacial score (nSPS) is 17.9. The van der Waals surface area contributed by atoms with E-state index in [1.165, 1.54) is 57.3 Å². The molecule has 0 bridgehead atoms. The molecule has 1 aromatic carbocycles. The molecule has 0 saturated heterocycles. The maximum atomic E-state index is 3.68. The molecule has 0 aromatic heterocycles. The van der Waals surface area contributed by atoms with E-state index in [2.05, 4.69) is 54.5 Å². The molecule has 2 rings (SSSR count). The van der Waals surface area contributed by atoms with Crippen LogP contribution in [0, 0.1) is 5.41 Å². The molecule has 112 valence electrons. The number of rotatable bonds is 7. The van der Waals surface area contributed by atoms with Crippen LogP contribution < -0.4 is 10.2 Å². The van der Waals surface area contributed by atoms with Crippen LogP contribution in [0.3, 0.4) is 0 Å². The topological polar surface area (TPSA) is 15.3 Å². The van der Waals surface area contributed by atoms with Crippen molar-refractivity contribution in [2.24, 2.45) is 5.41 Å². The molecule has 0 aliphatic heterocycles. The molecular weight excluding hydrogens is 244 g/mol. The van der Waals surface area contributed by atoms with Crippen molar-refractivity contribution in [3.05, 3.63) is 30.3 Å². The van der Waals surface area contributed by atoms with E-state index in [0.29, 0.717) is 5.41 Å². The second-order valence-corrected chi connectivity index (χ2v) is 6.43. The Hall–Kier alpha value is -1.02. The molecule has 0 atom stereocenters. The maximum Gasteiger partial charge on any atom is 0.0363 e. The summed E-state index contributed by atoms with van der Waals surface area (Å²) in [6, 6.07) is 10.8. The highest BCUT2D eigenvalue weighted by molar-refractivity contribution is 5.45. The van der Waals surface area contributed by atoms with E-state index in [4.69, 9.17) is 0 Å². The molecule has 0 heterocycles. The number of anilines is 1. The smallest absolute Gasteiger partial charge is 0.0363 e. The van der Waals surface area contributed by atoms with Crippen molar-refractivity contribution in [3.63, 3.8) is 0 Å². The number of para-hydroxylation sites is 1. The fourth-order valence-corrected chi connectivity index (χ4v) is 3.50. The Morgan fingerprint density at radius 3 is 2.45 bits per heavy atom. The highest BCUT2D eigenvalue weighted by Gasteiger charge is 2.32. The predicted molar refractivity (Wildman–Crippen MR) is 88.4 cm³/mol. The second-order valence-electron chi connectivity index (χ2n) is 6.43. The van der Waals surface area contributed by atoms with Gasteiger partial charge < -0.3 is 10.2 Å². The van der Waals surface area contributed by atoms with Gasteiger partial charge in [0.1, 0.15) is 0 Å². The van der Waals surface area contributed by atoms with Gasteiger partial charge in [0.2, 0.25) is 0 Å². The van der Waals surface area contributed by atoms with Crippen LogP contribution in [0.1, 0.15) is 45.4 Å². The minimum Gasteiger partial charge on any atom is -0.374 e. The van der Waals surface area contributed by atoms with Crippen molar-refractivity contribution in [2.45, 2.75) is 45.4 Å². The van der Waals surface area contributed by atoms with Gasteiger partial charge in [0, 0.05) is 31.2 Å². The zero-order chi connectivity index (χ0) is 14.3. The molecule has 1 aliphatic rings. The minimum absolute atomic E-state index is 0.470. The van der Waals surface area contributed by atoms with Crippen LogP contribution in [0.5, 0.6) is 0 Å². The number of benzene rings is 1. The Kier molecular flexibility index (Phi) is 5.90. The van der Waals surface area contributed by atoms with E-state index in [1.54, 1.807) is 0 Å². The Morgan fingerprint density at radius 2 is 1.80 bits per heavy atom. The van der Waals surface area contributed by atoms with Gasteiger partial charge in [-0.15, -0.1) is 0 Å². The lowest BCUT2D eigenvalue weighted by Crippen LogP contribution is -2.44. The lowest BCUT2D eigenvalue weighted by molar-refractivity contribution is 0.189. The molecule has 0 radical (unpaired) electrons. The van der Waals surface area contributed by atoms with Crippen LogP contribution in [-0.2, 0) is 0 Å². The lowest BCUT2D eigenvalue weighted by Gasteiger charge is -2.41. The van der Waals surface area contributed by atoms with Crippen LogP contribution in [-0.4, -0.2) is 26.7 Å². The van der Waals surface area contributed by atoms with Gasteiger partial charge in [0.15, 0.2) is 0 Å². The van der Waals surface area contributed by atoms with Gasteiger partial charge in [0.25, 0.3) is 0 Å². The van der Waals surface area contributed by atoms with Crippen molar-refractivity contribution in [1.82, 2.24) is 5.32 Å². The van der Waals surface area contributed by atoms with Crippen LogP contribution in [0.2, 0.25) is 0 Å². The Bertz CT molecular complexity index is 368. The Labute approximate surface area is 124 Å². The molecule has 1 aromatic rings. The third-order valence-electron chi connectivity index (χ3n) is 4.61. The first-order valence-electron chi connectivity index (χ1n) is 8.23. The van der Waals surface area contributed by atoms with E-state index >= 15 is 0 Å². The fourth-order valence-electron chi connectivity index (χ4n) is 3.50. The summed E-state index contributed by atoms with van der Waals surface area (Å²) < 4.78 is 0. The first-order valence-corrected chi connectivity index (χ1v) is 8.23. The monoisotopic (exact) mass is 274 g/mol. The zero-order valence-electron chi connectivity index (χ0n) is 13.2. The van der Waals surface area contributed by atoms with Gasteiger partial charge in [-0.3, -0.25) is 0 Å². The molecular formula is C18H30N2. The average Bonchev–Trinajstić information content (AvgIpc) is 2.49. The summed E-state index contributed by atoms with van der Waals surface area (Å²) in [4.78, 5) is 2.44. The first-order chi connectivity index (χ1) is 9.76. The van der Waals surface area contributed by atoms with Gasteiger partial charge in [0.05, 0.1) is 0 Å². The molecule has 1 fully saturated rings. The highest BCUT2D eigenvalue weighted by atomic mass is 15.1. The van der Waals surface area contributed by atoms with Crippen molar-refractivity contribution >= 4 is 5.69 Å². The summed E-state index contributed by atoms with van der Waals surface area (Å²) in [5.41, 5.74) is 1.81. The van der Waals surface area contributed by atoms with Crippen LogP contribution >= 0.6 is 0 Å². The molecule has 0 unspecified atom stereocenters. The van der Waals surface area contributed by atoms with Gasteiger partial charge >= 0.3 is 0 Å². The largest absolute Gasteiger partial charge is 0.374 e. The first kappa shape index (κ1) is 15.4. The molecule has 2 nitrogen and oxygen atoms in total. The third kappa shape index (κ3) is 4.24. The van der Waals surface area contributed by atoms with Gasteiger partial charge in [-0.25, -0.2) is 0 Å². The number of nitrogens with one attached hydrogen (secondary N) is 1. The van der Waals surface area contributed by atoms with Crippen molar-refractivity contribution < 1.29 is 0 Å². The van der Waals surface area contributed by atoms with E-state index in [0.717, 1.165) is 6.54 Å². The average molecular weight is 274 g/mol. The van der Waals surface area contributed by atoms with Crippen LogP contribution in [0.25, 0.3) is 0 Å². The van der Waals surface area contributed by atoms with E-state index in [1.807, 2.05) is 0 Å². The molecule has 1 N–H and O–H groups in total. The van der Waals surface area contributed by atoms with Crippen molar-refractivity contribution in [3.8, 4) is 0 Å². The van der Waals surface area contributed by atoms with Gasteiger partial charge in [-0.05, 0) is 37.9 Å². The van der Waals surface area contributed by atoms with Gasteiger partial charge in [-0.2, -0.15) is 0 Å². The van der Waals surface area contributed by atoms with E-state index in [-0.39, 0.29) is 0 Å². The molecule has 20 heavy (non-hydrogen) atoms. The summed E-state index contributed by atoms with van der Waals surface area (Å²) >= 11 is 0. The van der Waals surface area contributed by atoms with Crippen molar-refractivity contribution in [2.75, 3.05) is 31.6 Å². The van der Waals surface area contributed by atoms with E-state index in [9.17, 15) is 0 Å².